The minimum absolute atomic E-state index is 0.730. The number of carboxylic acids is 1. The summed E-state index contributed by atoms with van der Waals surface area (Å²) in [6.07, 6.45) is -4.44. The molecule has 0 saturated heterocycles. The van der Waals surface area contributed by atoms with Gasteiger partial charge in [-0.15, -0.1) is 0 Å². The van der Waals surface area contributed by atoms with E-state index in [0.717, 1.165) is 0 Å². The van der Waals surface area contributed by atoms with Crippen LogP contribution in [0.4, 0.5) is 13.2 Å². The van der Waals surface area contributed by atoms with Crippen LogP contribution in [0.1, 0.15) is 0 Å². The molecule has 0 aromatic heterocycles. The molecule has 11 heavy (non-hydrogen) atoms. The van der Waals surface area contributed by atoms with Crippen LogP contribution in [0.2, 0.25) is 10.4 Å². The van der Waals surface area contributed by atoms with E-state index in [1.807, 2.05) is 0 Å². The summed E-state index contributed by atoms with van der Waals surface area (Å²) >= 11 is -3.17. The van der Waals surface area contributed by atoms with E-state index in [4.69, 9.17) is 9.20 Å². The second-order valence-corrected chi connectivity index (χ2v) is 5.28. The Balaban J connectivity index is 3.69. The maximum atomic E-state index is 11.4. The second-order valence-electron chi connectivity index (χ2n) is 1.83. The Morgan fingerprint density at radius 2 is 1.91 bits per heavy atom. The first-order valence-corrected chi connectivity index (χ1v) is 6.03. The molecule has 0 saturated carbocycles. The van der Waals surface area contributed by atoms with Gasteiger partial charge in [0.1, 0.15) is 0 Å². The number of hydrogen-bond donors (Lipinski definition) is 2. The van der Waals surface area contributed by atoms with Gasteiger partial charge in [0.2, 0.25) is 0 Å². The van der Waals surface area contributed by atoms with Crippen LogP contribution in [-0.2, 0) is 4.79 Å². The molecular weight excluding hydrogens is 228 g/mol. The fourth-order valence-corrected chi connectivity index (χ4v) is 2.18. The minimum atomic E-state index is -4.44. The molecule has 0 amide bonds. The molecule has 2 N–H and O–H groups in total. The van der Waals surface area contributed by atoms with E-state index in [1.54, 1.807) is 0 Å². The van der Waals surface area contributed by atoms with Crippen molar-refractivity contribution in [3.05, 3.63) is 0 Å². The van der Waals surface area contributed by atoms with Gasteiger partial charge in [0.25, 0.3) is 0 Å². The molecule has 0 rings (SSSR count). The van der Waals surface area contributed by atoms with Crippen molar-refractivity contribution in [2.24, 2.45) is 0 Å². The van der Waals surface area contributed by atoms with E-state index >= 15 is 0 Å². The molecule has 0 heterocycles. The number of carbonyl (C=O) groups is 1. The third-order valence-corrected chi connectivity index (χ3v) is 3.53. The number of alkyl halides is 3. The van der Waals surface area contributed by atoms with Gasteiger partial charge >= 0.3 is 64.7 Å². The SMILES string of the molecule is O=C(O)C[As](O)CC(F)(F)F. The van der Waals surface area contributed by atoms with E-state index < -0.39 is 37.6 Å². The summed E-state index contributed by atoms with van der Waals surface area (Å²) in [5.41, 5.74) is 0. The third kappa shape index (κ3) is 7.68. The molecule has 0 bridgehead atoms. The normalized spacial score (nSPS) is 14.5. The van der Waals surface area contributed by atoms with Gasteiger partial charge in [0.15, 0.2) is 0 Å². The van der Waals surface area contributed by atoms with Gasteiger partial charge in [-0.2, -0.15) is 0 Å². The summed E-state index contributed by atoms with van der Waals surface area (Å²) in [6, 6.07) is 0. The molecular formula is C4H6AsF3O3. The van der Waals surface area contributed by atoms with Gasteiger partial charge in [0.05, 0.1) is 0 Å². The van der Waals surface area contributed by atoms with E-state index in [1.165, 1.54) is 0 Å². The molecule has 1 unspecified atom stereocenters. The second kappa shape index (κ2) is 3.97. The summed E-state index contributed by atoms with van der Waals surface area (Å²) in [7, 11) is 0. The predicted molar refractivity (Wildman–Crippen MR) is 31.3 cm³/mol. The van der Waals surface area contributed by atoms with Crippen LogP contribution < -0.4 is 0 Å². The maximum absolute atomic E-state index is 11.4. The fourth-order valence-electron chi connectivity index (χ4n) is 0.419. The number of rotatable bonds is 3. The van der Waals surface area contributed by atoms with Gasteiger partial charge in [-0.3, -0.25) is 0 Å². The first kappa shape index (κ1) is 10.8. The Bertz CT molecular complexity index is 146. The zero-order valence-electron chi connectivity index (χ0n) is 5.30. The van der Waals surface area contributed by atoms with Crippen molar-refractivity contribution in [1.82, 2.24) is 0 Å². The monoisotopic (exact) mass is 234 g/mol. The van der Waals surface area contributed by atoms with Crippen LogP contribution in [0.5, 0.6) is 0 Å². The average molecular weight is 234 g/mol. The van der Waals surface area contributed by atoms with E-state index in [9.17, 15) is 18.0 Å². The fraction of sp³-hybridized carbons (Fsp3) is 0.750. The zero-order valence-corrected chi connectivity index (χ0v) is 7.17. The molecule has 0 radical (unpaired) electrons. The standard InChI is InChI=1S/C4H6AsF3O3/c6-4(7,8)2-5(11)1-3(9)10/h11H,1-2H2,(H,9,10). The predicted octanol–water partition coefficient (Wildman–Crippen LogP) is 0.617. The Morgan fingerprint density at radius 3 is 2.18 bits per heavy atom. The average Bonchev–Trinajstić information content (AvgIpc) is 1.53. The van der Waals surface area contributed by atoms with Crippen molar-refractivity contribution >= 4 is 21.0 Å². The van der Waals surface area contributed by atoms with Crippen LogP contribution in [-0.4, -0.2) is 36.3 Å². The first-order valence-electron chi connectivity index (χ1n) is 2.53. The van der Waals surface area contributed by atoms with Crippen molar-refractivity contribution in [3.63, 3.8) is 0 Å². The van der Waals surface area contributed by atoms with Crippen LogP contribution in [0, 0.1) is 0 Å². The van der Waals surface area contributed by atoms with Gasteiger partial charge in [-0.1, -0.05) is 0 Å². The molecule has 7 heteroatoms. The Morgan fingerprint density at radius 1 is 1.45 bits per heavy atom. The van der Waals surface area contributed by atoms with Crippen molar-refractivity contribution in [2.45, 2.75) is 16.6 Å². The van der Waals surface area contributed by atoms with Gasteiger partial charge in [0, 0.05) is 0 Å². The summed E-state index contributed by atoms with van der Waals surface area (Å²) in [4.78, 5) is 9.80. The van der Waals surface area contributed by atoms with E-state index in [2.05, 4.69) is 0 Å². The Labute approximate surface area is 65.4 Å². The zero-order chi connectivity index (χ0) is 9.07. The van der Waals surface area contributed by atoms with Gasteiger partial charge in [-0.25, -0.2) is 0 Å². The van der Waals surface area contributed by atoms with Crippen LogP contribution >= 0.6 is 0 Å². The van der Waals surface area contributed by atoms with Crippen molar-refractivity contribution in [1.29, 1.82) is 0 Å². The molecule has 66 valence electrons. The molecule has 0 aromatic carbocycles. The molecule has 0 aromatic rings. The molecule has 0 spiro atoms. The van der Waals surface area contributed by atoms with Crippen LogP contribution in [0.3, 0.4) is 0 Å². The van der Waals surface area contributed by atoms with E-state index in [0.29, 0.717) is 0 Å². The third-order valence-electron chi connectivity index (χ3n) is 0.680. The summed E-state index contributed by atoms with van der Waals surface area (Å²) in [5, 5.41) is 5.93. The number of aliphatic carboxylic acids is 1. The molecule has 0 aliphatic carbocycles. The molecule has 0 fully saturated rings. The van der Waals surface area contributed by atoms with Crippen LogP contribution in [0.15, 0.2) is 0 Å². The Hall–Kier alpha value is -0.222. The van der Waals surface area contributed by atoms with Crippen molar-refractivity contribution < 1.29 is 27.2 Å². The number of halogens is 3. The van der Waals surface area contributed by atoms with Crippen LogP contribution in [0.25, 0.3) is 0 Å². The van der Waals surface area contributed by atoms with Gasteiger partial charge in [-0.05, 0) is 0 Å². The summed E-state index contributed by atoms with van der Waals surface area (Å²) in [6.45, 7) is 0. The molecule has 1 atom stereocenters. The molecule has 3 nitrogen and oxygen atoms in total. The van der Waals surface area contributed by atoms with Crippen molar-refractivity contribution in [3.8, 4) is 0 Å². The van der Waals surface area contributed by atoms with Gasteiger partial charge < -0.3 is 0 Å². The summed E-state index contributed by atoms with van der Waals surface area (Å²) in [5.74, 6) is -1.38. The number of carboxylic acid groups (broad SMARTS) is 1. The summed E-state index contributed by atoms with van der Waals surface area (Å²) < 4.78 is 42.9. The topological polar surface area (TPSA) is 57.5 Å². The van der Waals surface area contributed by atoms with Crippen molar-refractivity contribution in [2.75, 3.05) is 0 Å². The molecule has 0 aliphatic rings. The Kier molecular flexibility index (Phi) is 3.89. The van der Waals surface area contributed by atoms with E-state index in [-0.39, 0.29) is 0 Å². The molecule has 0 aliphatic heterocycles. The quantitative estimate of drug-likeness (QED) is 0.703. The first-order chi connectivity index (χ1) is 4.81. The number of hydrogen-bond acceptors (Lipinski definition) is 2.